The van der Waals surface area contributed by atoms with Gasteiger partial charge in [-0.05, 0) is 24.3 Å². The first-order valence-corrected chi connectivity index (χ1v) is 5.89. The summed E-state index contributed by atoms with van der Waals surface area (Å²) in [6, 6.07) is 8.84. The zero-order valence-corrected chi connectivity index (χ0v) is 10.5. The monoisotopic (exact) mass is 295 g/mol. The number of benzene rings is 1. The second-order valence-electron chi connectivity index (χ2n) is 3.42. The van der Waals surface area contributed by atoms with Gasteiger partial charge in [0.1, 0.15) is 12.0 Å². The largest absolute Gasteiger partial charge is 0.427 e. The molecule has 0 amide bonds. The van der Waals surface area contributed by atoms with Crippen LogP contribution in [-0.4, -0.2) is 11.1 Å². The van der Waals surface area contributed by atoms with Crippen molar-refractivity contribution in [3.8, 4) is 5.75 Å². The van der Waals surface area contributed by atoms with E-state index in [0.717, 1.165) is 10.2 Å². The van der Waals surface area contributed by atoms with Crippen LogP contribution < -0.4 is 4.74 Å². The van der Waals surface area contributed by atoms with Crippen LogP contribution in [0.1, 0.15) is 12.1 Å². The van der Waals surface area contributed by atoms with Gasteiger partial charge >= 0.3 is 5.97 Å². The number of ether oxygens (including phenoxy) is 1. The van der Waals surface area contributed by atoms with E-state index in [9.17, 15) is 4.79 Å². The summed E-state index contributed by atoms with van der Waals surface area (Å²) in [4.78, 5) is 11.5. The van der Waals surface area contributed by atoms with Crippen LogP contribution in [0.2, 0.25) is 0 Å². The van der Waals surface area contributed by atoms with Crippen LogP contribution in [0.4, 0.5) is 0 Å². The SMILES string of the molecule is O=C(CCc1ccon1)Oc1ccc(Br)cc1. The fourth-order valence-electron chi connectivity index (χ4n) is 1.28. The van der Waals surface area contributed by atoms with Gasteiger partial charge in [0.2, 0.25) is 0 Å². The first-order chi connectivity index (χ1) is 8.24. The number of aryl methyl sites for hydroxylation is 1. The molecule has 1 heterocycles. The van der Waals surface area contributed by atoms with Crippen molar-refractivity contribution in [2.45, 2.75) is 12.8 Å². The molecule has 0 saturated carbocycles. The molecule has 2 rings (SSSR count). The van der Waals surface area contributed by atoms with E-state index in [1.807, 2.05) is 12.1 Å². The lowest BCUT2D eigenvalue weighted by Crippen LogP contribution is -2.09. The Morgan fingerprint density at radius 1 is 1.29 bits per heavy atom. The topological polar surface area (TPSA) is 52.3 Å². The molecule has 4 nitrogen and oxygen atoms in total. The molecule has 0 radical (unpaired) electrons. The van der Waals surface area contributed by atoms with Crippen LogP contribution in [0.3, 0.4) is 0 Å². The van der Waals surface area contributed by atoms with Crippen LogP contribution in [0, 0.1) is 0 Å². The Balaban J connectivity index is 1.83. The lowest BCUT2D eigenvalue weighted by Gasteiger charge is -2.03. The van der Waals surface area contributed by atoms with Gasteiger partial charge in [-0.3, -0.25) is 4.79 Å². The Kier molecular flexibility index (Phi) is 3.93. The van der Waals surface area contributed by atoms with Crippen LogP contribution in [0.5, 0.6) is 5.75 Å². The second-order valence-corrected chi connectivity index (χ2v) is 4.33. The number of carbonyl (C=O) groups excluding carboxylic acids is 1. The van der Waals surface area contributed by atoms with Crippen molar-refractivity contribution in [2.24, 2.45) is 0 Å². The second kappa shape index (κ2) is 5.63. The van der Waals surface area contributed by atoms with E-state index in [0.29, 0.717) is 12.2 Å². The molecular weight excluding hydrogens is 286 g/mol. The highest BCUT2D eigenvalue weighted by Crippen LogP contribution is 2.16. The highest BCUT2D eigenvalue weighted by Gasteiger charge is 2.06. The molecule has 0 bridgehead atoms. The molecule has 1 aromatic heterocycles. The first-order valence-electron chi connectivity index (χ1n) is 5.09. The summed E-state index contributed by atoms with van der Waals surface area (Å²) in [7, 11) is 0. The van der Waals surface area contributed by atoms with Crippen LogP contribution >= 0.6 is 15.9 Å². The van der Waals surface area contributed by atoms with Crippen molar-refractivity contribution in [3.05, 3.63) is 46.8 Å². The molecule has 0 atom stereocenters. The summed E-state index contributed by atoms with van der Waals surface area (Å²) < 4.78 is 10.8. The van der Waals surface area contributed by atoms with E-state index in [1.54, 1.807) is 18.2 Å². The molecule has 0 unspecified atom stereocenters. The van der Waals surface area contributed by atoms with Crippen molar-refractivity contribution < 1.29 is 14.1 Å². The molecule has 1 aromatic carbocycles. The fraction of sp³-hybridized carbons (Fsp3) is 0.167. The van der Waals surface area contributed by atoms with Gasteiger partial charge in [-0.2, -0.15) is 0 Å². The quantitative estimate of drug-likeness (QED) is 0.643. The number of hydrogen-bond acceptors (Lipinski definition) is 4. The minimum absolute atomic E-state index is 0.280. The summed E-state index contributed by atoms with van der Waals surface area (Å²) in [6.45, 7) is 0. The molecule has 17 heavy (non-hydrogen) atoms. The Morgan fingerprint density at radius 2 is 2.06 bits per heavy atom. The van der Waals surface area contributed by atoms with Gasteiger partial charge in [-0.15, -0.1) is 0 Å². The minimum Gasteiger partial charge on any atom is -0.427 e. The summed E-state index contributed by atoms with van der Waals surface area (Å²) in [5, 5.41) is 3.72. The number of esters is 1. The Bertz CT molecular complexity index is 479. The number of carbonyl (C=O) groups is 1. The van der Waals surface area contributed by atoms with Crippen LogP contribution in [0.25, 0.3) is 0 Å². The predicted octanol–water partition coefficient (Wildman–Crippen LogP) is 2.98. The van der Waals surface area contributed by atoms with Gasteiger partial charge in [-0.1, -0.05) is 21.1 Å². The Hall–Kier alpha value is -1.62. The average Bonchev–Trinajstić information content (AvgIpc) is 2.83. The first kappa shape index (κ1) is 11.9. The predicted molar refractivity (Wildman–Crippen MR) is 64.6 cm³/mol. The highest BCUT2D eigenvalue weighted by molar-refractivity contribution is 9.10. The van der Waals surface area contributed by atoms with E-state index < -0.39 is 0 Å². The molecule has 0 saturated heterocycles. The highest BCUT2D eigenvalue weighted by atomic mass is 79.9. The van der Waals surface area contributed by atoms with Crippen molar-refractivity contribution in [1.29, 1.82) is 0 Å². The van der Waals surface area contributed by atoms with Gasteiger partial charge < -0.3 is 9.26 Å². The summed E-state index contributed by atoms with van der Waals surface area (Å²) in [5.41, 5.74) is 0.748. The maximum Gasteiger partial charge on any atom is 0.311 e. The summed E-state index contributed by atoms with van der Waals surface area (Å²) in [5.74, 6) is 0.258. The zero-order chi connectivity index (χ0) is 12.1. The fourth-order valence-corrected chi connectivity index (χ4v) is 1.55. The van der Waals surface area contributed by atoms with Crippen LogP contribution in [-0.2, 0) is 11.2 Å². The van der Waals surface area contributed by atoms with Gasteiger partial charge in [-0.25, -0.2) is 0 Å². The molecule has 88 valence electrons. The van der Waals surface area contributed by atoms with Crippen molar-refractivity contribution in [3.63, 3.8) is 0 Å². The maximum atomic E-state index is 11.5. The Morgan fingerprint density at radius 3 is 2.71 bits per heavy atom. The standard InChI is InChI=1S/C12H10BrNO3/c13-9-1-4-11(5-2-9)17-12(15)6-3-10-7-8-16-14-10/h1-2,4-5,7-8H,3,6H2. The molecule has 0 aliphatic carbocycles. The van der Waals surface area contributed by atoms with Crippen molar-refractivity contribution >= 4 is 21.9 Å². The smallest absolute Gasteiger partial charge is 0.311 e. The van der Waals surface area contributed by atoms with Crippen LogP contribution in [0.15, 0.2) is 45.6 Å². The molecular formula is C12H10BrNO3. The molecule has 2 aromatic rings. The summed E-state index contributed by atoms with van der Waals surface area (Å²) >= 11 is 3.31. The van der Waals surface area contributed by atoms with Gasteiger partial charge in [0.15, 0.2) is 0 Å². The molecule has 0 aliphatic rings. The van der Waals surface area contributed by atoms with E-state index in [1.165, 1.54) is 6.26 Å². The van der Waals surface area contributed by atoms with Crippen molar-refractivity contribution in [1.82, 2.24) is 5.16 Å². The maximum absolute atomic E-state index is 11.5. The number of rotatable bonds is 4. The van der Waals surface area contributed by atoms with E-state index in [4.69, 9.17) is 4.74 Å². The normalized spacial score (nSPS) is 10.2. The van der Waals surface area contributed by atoms with E-state index in [2.05, 4.69) is 25.6 Å². The Labute approximate surface area is 107 Å². The molecule has 5 heteroatoms. The average molecular weight is 296 g/mol. The molecule has 0 aliphatic heterocycles. The van der Waals surface area contributed by atoms with Gasteiger partial charge in [0.25, 0.3) is 0 Å². The number of halogens is 1. The van der Waals surface area contributed by atoms with Gasteiger partial charge in [0, 0.05) is 17.0 Å². The van der Waals surface area contributed by atoms with Gasteiger partial charge in [0.05, 0.1) is 12.1 Å². The molecule has 0 spiro atoms. The number of nitrogens with zero attached hydrogens (tertiary/aromatic N) is 1. The third kappa shape index (κ3) is 3.71. The number of aromatic nitrogens is 1. The summed E-state index contributed by atoms with van der Waals surface area (Å²) in [6.07, 6.45) is 2.28. The molecule has 0 fully saturated rings. The minimum atomic E-state index is -0.282. The lowest BCUT2D eigenvalue weighted by atomic mass is 10.2. The third-order valence-electron chi connectivity index (χ3n) is 2.12. The molecule has 0 N–H and O–H groups in total. The van der Waals surface area contributed by atoms with E-state index >= 15 is 0 Å². The zero-order valence-electron chi connectivity index (χ0n) is 8.93. The number of hydrogen-bond donors (Lipinski definition) is 0. The lowest BCUT2D eigenvalue weighted by molar-refractivity contribution is -0.134. The third-order valence-corrected chi connectivity index (χ3v) is 2.65. The van der Waals surface area contributed by atoms with Crippen molar-refractivity contribution in [2.75, 3.05) is 0 Å². The van der Waals surface area contributed by atoms with E-state index in [-0.39, 0.29) is 12.4 Å².